The first kappa shape index (κ1) is 22.2. The molecule has 1 N–H and O–H groups in total. The van der Waals surface area contributed by atoms with Gasteiger partial charge in [-0.3, -0.25) is 9.36 Å². The van der Waals surface area contributed by atoms with Crippen LogP contribution in [0.1, 0.15) is 30.0 Å². The van der Waals surface area contributed by atoms with Crippen LogP contribution in [0.25, 0.3) is 17.1 Å². The van der Waals surface area contributed by atoms with Crippen LogP contribution >= 0.6 is 11.8 Å². The lowest BCUT2D eigenvalue weighted by molar-refractivity contribution is -0.119. The average Bonchev–Trinajstić information content (AvgIpc) is 3.32. The minimum Gasteiger partial charge on any atom is -0.496 e. The van der Waals surface area contributed by atoms with Gasteiger partial charge >= 0.3 is 0 Å². The zero-order chi connectivity index (χ0) is 23.3. The molecule has 5 rings (SSSR count). The second kappa shape index (κ2) is 10.1. The average molecular weight is 471 g/mol. The summed E-state index contributed by atoms with van der Waals surface area (Å²) < 4.78 is 7.54. The van der Waals surface area contributed by atoms with Gasteiger partial charge in [0.2, 0.25) is 5.91 Å². The molecule has 0 aliphatic heterocycles. The molecule has 0 spiro atoms. The van der Waals surface area contributed by atoms with Gasteiger partial charge in [-0.15, -0.1) is 10.2 Å². The third-order valence-electron chi connectivity index (χ3n) is 6.03. The summed E-state index contributed by atoms with van der Waals surface area (Å²) in [7, 11) is 1.64. The Hall–Kier alpha value is -3.58. The van der Waals surface area contributed by atoms with Crippen molar-refractivity contribution in [3.05, 3.63) is 90.0 Å². The molecule has 1 heterocycles. The number of carbonyl (C=O) groups excluding carboxylic acids is 1. The van der Waals surface area contributed by atoms with E-state index in [0.717, 1.165) is 36.3 Å². The van der Waals surface area contributed by atoms with Crippen LogP contribution in [0.4, 0.5) is 0 Å². The molecule has 6 nitrogen and oxygen atoms in total. The van der Waals surface area contributed by atoms with Gasteiger partial charge in [0, 0.05) is 5.69 Å². The van der Waals surface area contributed by atoms with Crippen molar-refractivity contribution >= 4 is 17.7 Å². The molecule has 1 aromatic heterocycles. The van der Waals surface area contributed by atoms with Crippen LogP contribution in [-0.4, -0.2) is 33.5 Å². The highest BCUT2D eigenvalue weighted by Crippen LogP contribution is 2.33. The minimum atomic E-state index is -0.00634. The minimum absolute atomic E-state index is 0.00634. The first-order chi connectivity index (χ1) is 16.7. The molecule has 0 bridgehead atoms. The predicted octanol–water partition coefficient (Wildman–Crippen LogP) is 5.23. The number of nitrogens with one attached hydrogen (secondary N) is 1. The van der Waals surface area contributed by atoms with E-state index in [1.54, 1.807) is 7.11 Å². The molecule has 0 saturated carbocycles. The molecular weight excluding hydrogens is 444 g/mol. The third-order valence-corrected chi connectivity index (χ3v) is 6.96. The second-order valence-electron chi connectivity index (χ2n) is 8.18. The van der Waals surface area contributed by atoms with Crippen molar-refractivity contribution in [3.8, 4) is 22.8 Å². The van der Waals surface area contributed by atoms with Crippen molar-refractivity contribution in [1.82, 2.24) is 20.1 Å². The van der Waals surface area contributed by atoms with Crippen molar-refractivity contribution < 1.29 is 9.53 Å². The fraction of sp³-hybridized carbons (Fsp3) is 0.222. The van der Waals surface area contributed by atoms with Crippen LogP contribution in [0.5, 0.6) is 5.75 Å². The topological polar surface area (TPSA) is 69.0 Å². The number of amides is 1. The Balaban J connectivity index is 1.38. The molecule has 7 heteroatoms. The Bertz CT molecular complexity index is 1290. The van der Waals surface area contributed by atoms with Crippen LogP contribution in [0.2, 0.25) is 0 Å². The SMILES string of the molecule is COc1ccccc1-c1nnc(SCC(=O)N[C@H]2CCCc3ccccc32)n1-c1ccccc1. The fourth-order valence-corrected chi connectivity index (χ4v) is 5.21. The smallest absolute Gasteiger partial charge is 0.230 e. The zero-order valence-corrected chi connectivity index (χ0v) is 19.8. The van der Waals surface area contributed by atoms with E-state index >= 15 is 0 Å². The lowest BCUT2D eigenvalue weighted by Crippen LogP contribution is -2.32. The van der Waals surface area contributed by atoms with E-state index in [4.69, 9.17) is 4.74 Å². The summed E-state index contributed by atoms with van der Waals surface area (Å²) in [5, 5.41) is 12.8. The first-order valence-corrected chi connectivity index (χ1v) is 12.4. The summed E-state index contributed by atoms with van der Waals surface area (Å²) >= 11 is 1.39. The number of carbonyl (C=O) groups is 1. The molecule has 0 fully saturated rings. The Morgan fingerprint density at radius 3 is 2.65 bits per heavy atom. The number of hydrogen-bond donors (Lipinski definition) is 1. The Morgan fingerprint density at radius 1 is 1.03 bits per heavy atom. The monoisotopic (exact) mass is 470 g/mol. The molecule has 1 aliphatic rings. The third kappa shape index (κ3) is 4.56. The number of nitrogens with zero attached hydrogens (tertiary/aromatic N) is 3. The second-order valence-corrected chi connectivity index (χ2v) is 9.12. The molecule has 0 radical (unpaired) electrons. The van der Waals surface area contributed by atoms with Crippen LogP contribution in [0.15, 0.2) is 84.0 Å². The number of aromatic nitrogens is 3. The maximum atomic E-state index is 12.9. The summed E-state index contributed by atoms with van der Waals surface area (Å²) in [5.74, 6) is 1.65. The van der Waals surface area contributed by atoms with E-state index < -0.39 is 0 Å². The van der Waals surface area contributed by atoms with Gasteiger partial charge in [-0.2, -0.15) is 0 Å². The van der Waals surface area contributed by atoms with Crippen molar-refractivity contribution in [3.63, 3.8) is 0 Å². The number of rotatable bonds is 7. The van der Waals surface area contributed by atoms with Gasteiger partial charge in [-0.05, 0) is 54.7 Å². The molecule has 1 atom stereocenters. The van der Waals surface area contributed by atoms with Crippen molar-refractivity contribution in [2.24, 2.45) is 0 Å². The molecule has 0 unspecified atom stereocenters. The molecular formula is C27H26N4O2S. The lowest BCUT2D eigenvalue weighted by Gasteiger charge is -2.26. The van der Waals surface area contributed by atoms with Crippen molar-refractivity contribution in [2.75, 3.05) is 12.9 Å². The summed E-state index contributed by atoms with van der Waals surface area (Å²) in [6, 6.07) is 26.1. The van der Waals surface area contributed by atoms with Gasteiger partial charge in [0.05, 0.1) is 24.5 Å². The van der Waals surface area contributed by atoms with Gasteiger partial charge in [0.25, 0.3) is 0 Å². The largest absolute Gasteiger partial charge is 0.496 e. The summed E-state index contributed by atoms with van der Waals surface area (Å²) in [4.78, 5) is 12.9. The highest BCUT2D eigenvalue weighted by Gasteiger charge is 2.23. The van der Waals surface area contributed by atoms with Gasteiger partial charge in [-0.25, -0.2) is 0 Å². The molecule has 0 saturated heterocycles. The number of thioether (sulfide) groups is 1. The first-order valence-electron chi connectivity index (χ1n) is 11.4. The highest BCUT2D eigenvalue weighted by atomic mass is 32.2. The number of hydrogen-bond acceptors (Lipinski definition) is 5. The number of para-hydroxylation sites is 2. The van der Waals surface area contributed by atoms with E-state index in [1.165, 1.54) is 22.9 Å². The molecule has 1 amide bonds. The summed E-state index contributed by atoms with van der Waals surface area (Å²) in [6.07, 6.45) is 3.12. The van der Waals surface area contributed by atoms with Crippen molar-refractivity contribution in [2.45, 2.75) is 30.5 Å². The quantitative estimate of drug-likeness (QED) is 0.375. The predicted molar refractivity (Wildman–Crippen MR) is 134 cm³/mol. The number of fused-ring (bicyclic) bond motifs is 1. The van der Waals surface area contributed by atoms with Gasteiger partial charge in [-0.1, -0.05) is 66.4 Å². The normalized spacial score (nSPS) is 14.9. The van der Waals surface area contributed by atoms with E-state index in [-0.39, 0.29) is 17.7 Å². The van der Waals surface area contributed by atoms with E-state index in [2.05, 4.69) is 33.7 Å². The Kier molecular flexibility index (Phi) is 6.62. The number of aryl methyl sites for hydroxylation is 1. The van der Waals surface area contributed by atoms with E-state index in [9.17, 15) is 4.79 Å². The molecule has 4 aromatic rings. The fourth-order valence-electron chi connectivity index (χ4n) is 4.45. The van der Waals surface area contributed by atoms with Crippen molar-refractivity contribution in [1.29, 1.82) is 0 Å². The number of ether oxygens (including phenoxy) is 1. The molecule has 172 valence electrons. The zero-order valence-electron chi connectivity index (χ0n) is 19.0. The summed E-state index contributed by atoms with van der Waals surface area (Å²) in [5.41, 5.74) is 4.34. The lowest BCUT2D eigenvalue weighted by atomic mass is 9.88. The molecule has 1 aliphatic carbocycles. The molecule has 34 heavy (non-hydrogen) atoms. The van der Waals surface area contributed by atoms with Gasteiger partial charge in [0.1, 0.15) is 5.75 Å². The standard InChI is InChI=1S/C27H26N4O2S/c1-33-24-17-8-7-15-22(24)26-29-30-27(31(26)20-12-3-2-4-13-20)34-18-25(32)28-23-16-9-11-19-10-5-6-14-21(19)23/h2-8,10,12-15,17,23H,9,11,16,18H2,1H3,(H,28,32)/t23-/m0/s1. The Morgan fingerprint density at radius 2 is 1.79 bits per heavy atom. The van der Waals surface area contributed by atoms with E-state index in [0.29, 0.717) is 11.0 Å². The van der Waals surface area contributed by atoms with Crippen LogP contribution < -0.4 is 10.1 Å². The van der Waals surface area contributed by atoms with E-state index in [1.807, 2.05) is 65.2 Å². The van der Waals surface area contributed by atoms with Crippen LogP contribution in [0, 0.1) is 0 Å². The highest BCUT2D eigenvalue weighted by molar-refractivity contribution is 7.99. The number of benzene rings is 3. The van der Waals surface area contributed by atoms with Gasteiger partial charge in [0.15, 0.2) is 11.0 Å². The summed E-state index contributed by atoms with van der Waals surface area (Å²) in [6.45, 7) is 0. The number of methoxy groups -OCH3 is 1. The molecule has 3 aromatic carbocycles. The van der Waals surface area contributed by atoms with Crippen LogP contribution in [-0.2, 0) is 11.2 Å². The maximum Gasteiger partial charge on any atom is 0.230 e. The maximum absolute atomic E-state index is 12.9. The Labute approximate surface area is 203 Å². The van der Waals surface area contributed by atoms with Gasteiger partial charge < -0.3 is 10.1 Å². The van der Waals surface area contributed by atoms with Crippen LogP contribution in [0.3, 0.4) is 0 Å².